The molecule has 0 aromatic heterocycles. The summed E-state index contributed by atoms with van der Waals surface area (Å²) in [5.41, 5.74) is 6.50. The van der Waals surface area contributed by atoms with Gasteiger partial charge in [0, 0.05) is 17.1 Å². The molecule has 0 unspecified atom stereocenters. The van der Waals surface area contributed by atoms with E-state index in [1.807, 2.05) is 13.8 Å². The third-order valence-corrected chi connectivity index (χ3v) is 3.61. The molecule has 0 aliphatic heterocycles. The number of carbonyl (C=O) groups is 1. The Bertz CT molecular complexity index is 402. The van der Waals surface area contributed by atoms with Gasteiger partial charge in [-0.3, -0.25) is 4.79 Å². The summed E-state index contributed by atoms with van der Waals surface area (Å²) < 4.78 is 0. The van der Waals surface area contributed by atoms with Crippen molar-refractivity contribution in [3.63, 3.8) is 0 Å². The van der Waals surface area contributed by atoms with Crippen molar-refractivity contribution >= 4 is 41.4 Å². The highest BCUT2D eigenvalue weighted by Gasteiger charge is 2.05. The van der Waals surface area contributed by atoms with E-state index in [-0.39, 0.29) is 0 Å². The Labute approximate surface area is 117 Å². The number of hydrogen-bond acceptors (Lipinski definition) is 5. The van der Waals surface area contributed by atoms with Crippen LogP contribution in [0.1, 0.15) is 20.8 Å². The second-order valence-corrected chi connectivity index (χ2v) is 4.78. The topological polar surface area (TPSA) is 71.0 Å². The fraction of sp³-hybridized carbons (Fsp3) is 0.364. The highest BCUT2D eigenvalue weighted by molar-refractivity contribution is 8.70. The maximum Gasteiger partial charge on any atom is 0.214 e. The van der Waals surface area contributed by atoms with Crippen LogP contribution in [0.3, 0.4) is 0 Å². The van der Waals surface area contributed by atoms with Gasteiger partial charge in [-0.15, -0.1) is 11.7 Å². The molecule has 18 heavy (non-hydrogen) atoms. The first-order valence-corrected chi connectivity index (χ1v) is 7.01. The second kappa shape index (κ2) is 8.82. The van der Waals surface area contributed by atoms with Crippen LogP contribution in [0.25, 0.3) is 0 Å². The first-order chi connectivity index (χ1) is 8.46. The Morgan fingerprint density at radius 1 is 1.50 bits per heavy atom. The summed E-state index contributed by atoms with van der Waals surface area (Å²) in [5, 5.41) is 0. The van der Waals surface area contributed by atoms with Gasteiger partial charge in [-0.05, 0) is 33.6 Å². The van der Waals surface area contributed by atoms with E-state index < -0.39 is 0 Å². The number of aliphatic imine (C=N–C) groups is 2. The molecule has 0 aromatic carbocycles. The van der Waals surface area contributed by atoms with Crippen molar-refractivity contribution in [2.24, 2.45) is 15.7 Å². The fourth-order valence-electron chi connectivity index (χ4n) is 0.987. The smallest absolute Gasteiger partial charge is 0.214 e. The van der Waals surface area contributed by atoms with Crippen LogP contribution >= 0.6 is 22.5 Å². The molecule has 7 heteroatoms. The molecular weight excluding hydrogens is 268 g/mol. The molecule has 5 nitrogen and oxygen atoms in total. The van der Waals surface area contributed by atoms with Gasteiger partial charge in [0.15, 0.2) is 0 Å². The zero-order chi connectivity index (χ0) is 14.1. The maximum absolute atomic E-state index is 11.0. The van der Waals surface area contributed by atoms with Crippen molar-refractivity contribution in [3.05, 3.63) is 22.5 Å². The van der Waals surface area contributed by atoms with Crippen molar-refractivity contribution in [1.82, 2.24) is 4.90 Å². The highest BCUT2D eigenvalue weighted by atomic mass is 33.1. The number of amides is 1. The lowest BCUT2D eigenvalue weighted by Crippen LogP contribution is -2.21. The SMILES string of the molecule is C=N/C(C)=N\C(N)=C\CN(C=O)/C(C)=C(/C)SS. The number of thiol groups is 1. The number of hydrogen-bond donors (Lipinski definition) is 2. The predicted molar refractivity (Wildman–Crippen MR) is 82.6 cm³/mol. The molecule has 0 aliphatic rings. The second-order valence-electron chi connectivity index (χ2n) is 3.44. The highest BCUT2D eigenvalue weighted by Crippen LogP contribution is 2.23. The van der Waals surface area contributed by atoms with Crippen molar-refractivity contribution < 1.29 is 4.79 Å². The van der Waals surface area contributed by atoms with Crippen LogP contribution in [0, 0.1) is 0 Å². The van der Waals surface area contributed by atoms with Crippen LogP contribution in [0.2, 0.25) is 0 Å². The molecule has 0 radical (unpaired) electrons. The largest absolute Gasteiger partial charge is 0.384 e. The van der Waals surface area contributed by atoms with Gasteiger partial charge in [0.05, 0.1) is 0 Å². The summed E-state index contributed by atoms with van der Waals surface area (Å²) in [7, 11) is 1.30. The van der Waals surface area contributed by atoms with Crippen molar-refractivity contribution in [3.8, 4) is 0 Å². The minimum Gasteiger partial charge on any atom is -0.384 e. The predicted octanol–water partition coefficient (Wildman–Crippen LogP) is 2.19. The molecule has 0 fully saturated rings. The Morgan fingerprint density at radius 3 is 2.56 bits per heavy atom. The van der Waals surface area contributed by atoms with E-state index in [0.717, 1.165) is 17.0 Å². The molecule has 100 valence electrons. The van der Waals surface area contributed by atoms with Gasteiger partial charge in [0.1, 0.15) is 11.7 Å². The fourth-order valence-corrected chi connectivity index (χ4v) is 1.63. The van der Waals surface area contributed by atoms with Gasteiger partial charge in [-0.1, -0.05) is 10.8 Å². The van der Waals surface area contributed by atoms with Crippen molar-refractivity contribution in [2.75, 3.05) is 6.54 Å². The van der Waals surface area contributed by atoms with Gasteiger partial charge in [-0.2, -0.15) is 0 Å². The molecule has 0 atom stereocenters. The number of rotatable bonds is 6. The zero-order valence-corrected chi connectivity index (χ0v) is 12.5. The Kier molecular flexibility index (Phi) is 8.23. The first-order valence-electron chi connectivity index (χ1n) is 5.14. The van der Waals surface area contributed by atoms with E-state index in [4.69, 9.17) is 5.73 Å². The van der Waals surface area contributed by atoms with Crippen LogP contribution in [-0.2, 0) is 4.79 Å². The van der Waals surface area contributed by atoms with E-state index in [9.17, 15) is 4.79 Å². The standard InChI is InChI=1S/C11H18N4OS2/c1-8(9(2)18-17)15(7-16)6-5-11(12)14-10(3)13-4/h5,7,17H,4,6,12H2,1-3H3/b9-8-,11-5+,14-10-. The molecule has 0 aliphatic carbocycles. The summed E-state index contributed by atoms with van der Waals surface area (Å²) in [6, 6.07) is 0. The van der Waals surface area contributed by atoms with Crippen LogP contribution in [0.4, 0.5) is 0 Å². The van der Waals surface area contributed by atoms with E-state index >= 15 is 0 Å². The van der Waals surface area contributed by atoms with E-state index in [2.05, 4.69) is 28.4 Å². The molecule has 0 saturated heterocycles. The summed E-state index contributed by atoms with van der Waals surface area (Å²) in [6.07, 6.45) is 2.39. The van der Waals surface area contributed by atoms with Gasteiger partial charge >= 0.3 is 0 Å². The van der Waals surface area contributed by atoms with Crippen LogP contribution in [0.15, 0.2) is 32.5 Å². The molecule has 0 spiro atoms. The number of allylic oxidation sites excluding steroid dienone is 2. The van der Waals surface area contributed by atoms with Gasteiger partial charge in [0.2, 0.25) is 6.41 Å². The van der Waals surface area contributed by atoms with Gasteiger partial charge < -0.3 is 10.6 Å². The average Bonchev–Trinajstić information content (AvgIpc) is 2.37. The van der Waals surface area contributed by atoms with Crippen molar-refractivity contribution in [2.45, 2.75) is 20.8 Å². The molecular formula is C11H18N4OS2. The summed E-state index contributed by atoms with van der Waals surface area (Å²) in [5.74, 6) is 0.784. The molecule has 0 bridgehead atoms. The number of amidine groups is 1. The van der Waals surface area contributed by atoms with Crippen LogP contribution in [-0.4, -0.2) is 30.4 Å². The Balaban J connectivity index is 4.82. The quantitative estimate of drug-likeness (QED) is 0.258. The van der Waals surface area contributed by atoms with Crippen molar-refractivity contribution in [1.29, 1.82) is 0 Å². The number of nitrogens with zero attached hydrogens (tertiary/aromatic N) is 3. The average molecular weight is 286 g/mol. The van der Waals surface area contributed by atoms with E-state index in [0.29, 0.717) is 18.2 Å². The molecule has 0 heterocycles. The Morgan fingerprint density at radius 2 is 2.11 bits per heavy atom. The maximum atomic E-state index is 11.0. The van der Waals surface area contributed by atoms with E-state index in [1.54, 1.807) is 13.0 Å². The Hall–Kier alpha value is -1.21. The van der Waals surface area contributed by atoms with E-state index in [1.165, 1.54) is 15.7 Å². The summed E-state index contributed by atoms with van der Waals surface area (Å²) in [6.45, 7) is 9.11. The molecule has 1 amide bonds. The third kappa shape index (κ3) is 5.92. The summed E-state index contributed by atoms with van der Waals surface area (Å²) >= 11 is 4.09. The van der Waals surface area contributed by atoms with Gasteiger partial charge in [-0.25, -0.2) is 9.98 Å². The molecule has 0 rings (SSSR count). The third-order valence-electron chi connectivity index (χ3n) is 2.22. The molecule has 0 aromatic rings. The number of nitrogens with two attached hydrogens (primary N) is 1. The lowest BCUT2D eigenvalue weighted by atomic mass is 10.4. The minimum atomic E-state index is 0.302. The lowest BCUT2D eigenvalue weighted by molar-refractivity contribution is -0.116. The monoisotopic (exact) mass is 286 g/mol. The normalized spacial score (nSPS) is 14.0. The lowest BCUT2D eigenvalue weighted by Gasteiger charge is -2.17. The first kappa shape index (κ1) is 16.8. The number of carbonyl (C=O) groups excluding carboxylic acids is 1. The van der Waals surface area contributed by atoms with Crippen LogP contribution < -0.4 is 5.73 Å². The zero-order valence-electron chi connectivity index (χ0n) is 10.8. The molecule has 0 saturated carbocycles. The van der Waals surface area contributed by atoms with Gasteiger partial charge in [0.25, 0.3) is 0 Å². The van der Waals surface area contributed by atoms with Crippen LogP contribution in [0.5, 0.6) is 0 Å². The minimum absolute atomic E-state index is 0.302. The molecule has 2 N–H and O–H groups in total. The summed E-state index contributed by atoms with van der Waals surface area (Å²) in [4.78, 5) is 21.1.